The van der Waals surface area contributed by atoms with Crippen molar-refractivity contribution in [2.24, 2.45) is 0 Å². The van der Waals surface area contributed by atoms with Gasteiger partial charge in [-0.2, -0.15) is 18.2 Å². The molecular weight excluding hydrogens is 375 g/mol. The van der Waals surface area contributed by atoms with E-state index in [4.69, 9.17) is 0 Å². The van der Waals surface area contributed by atoms with Crippen LogP contribution < -0.4 is 10.6 Å². The van der Waals surface area contributed by atoms with Gasteiger partial charge in [0, 0.05) is 29.7 Å². The number of alkyl halides is 3. The number of nitrogens with zero attached hydrogens (tertiary/aromatic N) is 3. The van der Waals surface area contributed by atoms with Crippen molar-refractivity contribution in [2.75, 3.05) is 10.6 Å². The van der Waals surface area contributed by atoms with E-state index < -0.39 is 22.5 Å². The van der Waals surface area contributed by atoms with Gasteiger partial charge < -0.3 is 10.6 Å². The van der Waals surface area contributed by atoms with E-state index in [1.165, 1.54) is 18.2 Å². The highest BCUT2D eigenvalue weighted by atomic mass is 19.4. The summed E-state index contributed by atoms with van der Waals surface area (Å²) >= 11 is 0. The topological polar surface area (TPSA) is 93.0 Å². The summed E-state index contributed by atoms with van der Waals surface area (Å²) in [5.74, 6) is -0.565. The molecule has 0 spiro atoms. The van der Waals surface area contributed by atoms with E-state index in [0.717, 1.165) is 11.6 Å². The van der Waals surface area contributed by atoms with Crippen molar-refractivity contribution in [3.63, 3.8) is 0 Å². The van der Waals surface area contributed by atoms with Crippen molar-refractivity contribution >= 4 is 28.8 Å². The molecule has 0 aliphatic carbocycles. The fourth-order valence-electron chi connectivity index (χ4n) is 2.43. The van der Waals surface area contributed by atoms with Gasteiger partial charge in [0.1, 0.15) is 11.4 Å². The first-order valence-corrected chi connectivity index (χ1v) is 8.02. The lowest BCUT2D eigenvalue weighted by Gasteiger charge is -2.15. The molecular formula is C18H14F3N5O2. The van der Waals surface area contributed by atoms with Crippen molar-refractivity contribution < 1.29 is 18.1 Å². The Morgan fingerprint density at radius 2 is 1.71 bits per heavy atom. The van der Waals surface area contributed by atoms with Gasteiger partial charge in [0.05, 0.1) is 4.92 Å². The average Bonchev–Trinajstić information content (AvgIpc) is 2.61. The van der Waals surface area contributed by atoms with Crippen molar-refractivity contribution in [2.45, 2.75) is 13.1 Å². The Hall–Kier alpha value is -3.69. The lowest BCUT2D eigenvalue weighted by molar-refractivity contribution is -0.384. The van der Waals surface area contributed by atoms with Gasteiger partial charge in [-0.3, -0.25) is 10.1 Å². The summed E-state index contributed by atoms with van der Waals surface area (Å²) in [5, 5.41) is 16.2. The molecule has 0 atom stereocenters. The molecule has 2 aromatic carbocycles. The number of nitro benzene ring substituents is 1. The molecule has 0 fully saturated rings. The highest BCUT2D eigenvalue weighted by molar-refractivity contribution is 5.64. The number of non-ortho nitro benzene ring substituents is 1. The largest absolute Gasteiger partial charge is 0.421 e. The fourth-order valence-corrected chi connectivity index (χ4v) is 2.43. The molecule has 28 heavy (non-hydrogen) atoms. The molecule has 144 valence electrons. The number of halogens is 3. The van der Waals surface area contributed by atoms with Gasteiger partial charge in [0.25, 0.3) is 5.69 Å². The Bertz CT molecular complexity index is 1020. The Labute approximate surface area is 157 Å². The first-order chi connectivity index (χ1) is 13.2. The summed E-state index contributed by atoms with van der Waals surface area (Å²) in [6, 6.07) is 12.3. The van der Waals surface area contributed by atoms with Crippen LogP contribution in [0.3, 0.4) is 0 Å². The molecule has 1 heterocycles. The molecule has 0 amide bonds. The van der Waals surface area contributed by atoms with E-state index >= 15 is 0 Å². The minimum atomic E-state index is -4.70. The van der Waals surface area contributed by atoms with E-state index in [1.54, 1.807) is 18.2 Å². The van der Waals surface area contributed by atoms with Crippen molar-refractivity contribution in [3.8, 4) is 0 Å². The van der Waals surface area contributed by atoms with Crippen LogP contribution in [-0.2, 0) is 6.18 Å². The monoisotopic (exact) mass is 389 g/mol. The van der Waals surface area contributed by atoms with E-state index in [0.29, 0.717) is 11.9 Å². The number of anilines is 4. The highest BCUT2D eigenvalue weighted by Gasteiger charge is 2.35. The molecule has 1 aromatic heterocycles. The first-order valence-electron chi connectivity index (χ1n) is 8.02. The highest BCUT2D eigenvalue weighted by Crippen LogP contribution is 2.35. The lowest BCUT2D eigenvalue weighted by Crippen LogP contribution is -2.12. The number of hydrogen-bond donors (Lipinski definition) is 2. The van der Waals surface area contributed by atoms with Gasteiger partial charge in [-0.1, -0.05) is 18.2 Å². The molecule has 3 rings (SSSR count). The van der Waals surface area contributed by atoms with Gasteiger partial charge in [-0.15, -0.1) is 0 Å². The average molecular weight is 389 g/mol. The summed E-state index contributed by atoms with van der Waals surface area (Å²) in [7, 11) is 0. The van der Waals surface area contributed by atoms with E-state index in [1.807, 2.05) is 13.0 Å². The third kappa shape index (κ3) is 4.53. The second-order valence-electron chi connectivity index (χ2n) is 5.88. The van der Waals surface area contributed by atoms with Crippen LogP contribution in [0.5, 0.6) is 0 Å². The molecule has 0 radical (unpaired) electrons. The van der Waals surface area contributed by atoms with Crippen LogP contribution in [0.25, 0.3) is 0 Å². The zero-order chi connectivity index (χ0) is 20.3. The third-order valence-corrected chi connectivity index (χ3v) is 3.69. The Morgan fingerprint density at radius 1 is 1.04 bits per heavy atom. The zero-order valence-corrected chi connectivity index (χ0v) is 14.5. The molecule has 0 aliphatic rings. The minimum absolute atomic E-state index is 0.0495. The second-order valence-corrected chi connectivity index (χ2v) is 5.88. The summed E-state index contributed by atoms with van der Waals surface area (Å²) < 4.78 is 40.0. The standard InChI is InChI=1S/C18H14F3N5O2/c1-11-4-2-5-12(8-11)24-17-22-10-15(18(19,20)21)16(25-17)23-13-6-3-7-14(9-13)26(27)28/h2-10H,1H3,(H2,22,23,24,25). The second kappa shape index (κ2) is 7.51. The van der Waals surface area contributed by atoms with Gasteiger partial charge >= 0.3 is 6.18 Å². The molecule has 2 N–H and O–H groups in total. The zero-order valence-electron chi connectivity index (χ0n) is 14.5. The number of nitrogens with one attached hydrogen (secondary N) is 2. The van der Waals surface area contributed by atoms with Crippen molar-refractivity contribution in [3.05, 3.63) is 76.0 Å². The fraction of sp³-hybridized carbons (Fsp3) is 0.111. The smallest absolute Gasteiger partial charge is 0.339 e. The lowest BCUT2D eigenvalue weighted by atomic mass is 10.2. The molecule has 3 aromatic rings. The minimum Gasteiger partial charge on any atom is -0.339 e. The maximum absolute atomic E-state index is 13.3. The van der Waals surface area contributed by atoms with Crippen molar-refractivity contribution in [1.82, 2.24) is 9.97 Å². The summed E-state index contributed by atoms with van der Waals surface area (Å²) in [6.45, 7) is 1.87. The normalized spacial score (nSPS) is 11.1. The van der Waals surface area contributed by atoms with E-state index in [2.05, 4.69) is 20.6 Å². The van der Waals surface area contributed by atoms with Crippen LogP contribution in [0.15, 0.2) is 54.7 Å². The van der Waals surface area contributed by atoms with Crippen LogP contribution in [0, 0.1) is 17.0 Å². The van der Waals surface area contributed by atoms with Crippen LogP contribution >= 0.6 is 0 Å². The molecule has 0 aliphatic heterocycles. The maximum atomic E-state index is 13.3. The molecule has 0 saturated carbocycles. The predicted molar refractivity (Wildman–Crippen MR) is 97.9 cm³/mol. The van der Waals surface area contributed by atoms with Crippen molar-refractivity contribution in [1.29, 1.82) is 0 Å². The van der Waals surface area contributed by atoms with Crippen LogP contribution in [0.4, 0.5) is 42.0 Å². The third-order valence-electron chi connectivity index (χ3n) is 3.69. The van der Waals surface area contributed by atoms with Crippen LogP contribution in [0.2, 0.25) is 0 Å². The Morgan fingerprint density at radius 3 is 2.36 bits per heavy atom. The summed E-state index contributed by atoms with van der Waals surface area (Å²) in [5.41, 5.74) is 0.312. The predicted octanol–water partition coefficient (Wildman–Crippen LogP) is 5.20. The summed E-state index contributed by atoms with van der Waals surface area (Å²) in [4.78, 5) is 17.9. The molecule has 0 unspecified atom stereocenters. The molecule has 0 bridgehead atoms. The number of nitro groups is 1. The molecule has 10 heteroatoms. The van der Waals surface area contributed by atoms with Crippen LogP contribution in [-0.4, -0.2) is 14.9 Å². The van der Waals surface area contributed by atoms with Gasteiger partial charge in [0.2, 0.25) is 5.95 Å². The Kier molecular flexibility index (Phi) is 5.12. The Balaban J connectivity index is 1.97. The number of hydrogen-bond acceptors (Lipinski definition) is 6. The molecule has 0 saturated heterocycles. The maximum Gasteiger partial charge on any atom is 0.421 e. The number of aromatic nitrogens is 2. The van der Waals surface area contributed by atoms with Gasteiger partial charge in [-0.25, -0.2) is 4.98 Å². The number of aryl methyl sites for hydroxylation is 1. The first kappa shape index (κ1) is 19.1. The van der Waals surface area contributed by atoms with E-state index in [-0.39, 0.29) is 17.3 Å². The molecule has 7 nitrogen and oxygen atoms in total. The van der Waals surface area contributed by atoms with Gasteiger partial charge in [-0.05, 0) is 30.7 Å². The SMILES string of the molecule is Cc1cccc(Nc2ncc(C(F)(F)F)c(Nc3cccc([N+](=O)[O-])c3)n2)c1. The quantitative estimate of drug-likeness (QED) is 0.460. The number of rotatable bonds is 5. The van der Waals surface area contributed by atoms with Gasteiger partial charge in [0.15, 0.2) is 0 Å². The van der Waals surface area contributed by atoms with E-state index in [9.17, 15) is 23.3 Å². The summed E-state index contributed by atoms with van der Waals surface area (Å²) in [6.07, 6.45) is -4.05. The number of benzene rings is 2. The van der Waals surface area contributed by atoms with Crippen LogP contribution in [0.1, 0.15) is 11.1 Å².